The average Bonchev–Trinajstić information content (AvgIpc) is 3.00. The fourth-order valence-electron chi connectivity index (χ4n) is 2.51. The first-order valence-electron chi connectivity index (χ1n) is 7.31. The van der Waals surface area contributed by atoms with Gasteiger partial charge in [0.05, 0.1) is 30.9 Å². The molecule has 0 bridgehead atoms. The number of rotatable bonds is 4. The zero-order valence-electron chi connectivity index (χ0n) is 12.1. The Kier molecular flexibility index (Phi) is 3.90. The number of H-pyrrole nitrogens is 1. The van der Waals surface area contributed by atoms with Crippen molar-refractivity contribution in [2.24, 2.45) is 0 Å². The molecule has 21 heavy (non-hydrogen) atoms. The third-order valence-corrected chi connectivity index (χ3v) is 3.62. The Morgan fingerprint density at radius 2 is 2.38 bits per heavy atom. The summed E-state index contributed by atoms with van der Waals surface area (Å²) in [5, 5.41) is 0. The smallest absolute Gasteiger partial charge is 0.254 e. The molecule has 0 atom stereocenters. The normalized spacial score (nSPS) is 13.9. The molecule has 3 rings (SSSR count). The number of carbonyl (C=O) groups excluding carboxylic acids is 1. The molecule has 5 nitrogen and oxygen atoms in total. The van der Waals surface area contributed by atoms with Crippen LogP contribution >= 0.6 is 0 Å². The number of amides is 1. The highest BCUT2D eigenvalue weighted by Crippen LogP contribution is 2.20. The molecule has 0 saturated carbocycles. The molecule has 5 heteroatoms. The number of ether oxygens (including phenoxy) is 1. The Bertz CT molecular complexity index is 636. The number of nitrogens with one attached hydrogen (secondary N) is 1. The standard InChI is InChI=1S/C16H19N3O2/c1-2-8-21-13-5-3-4-12(9-13)16(20)19-7-6-14-15(10-19)18-11-17-14/h3-5,9,11H,2,6-8,10H2,1H3,(H,17,18). The quantitative estimate of drug-likeness (QED) is 0.938. The van der Waals surface area contributed by atoms with Crippen molar-refractivity contribution in [3.8, 4) is 5.75 Å². The molecule has 1 aliphatic rings. The Morgan fingerprint density at radius 1 is 1.48 bits per heavy atom. The number of carbonyl (C=O) groups is 1. The number of aromatic nitrogens is 2. The summed E-state index contributed by atoms with van der Waals surface area (Å²) in [6, 6.07) is 7.41. The molecule has 0 aliphatic carbocycles. The predicted octanol–water partition coefficient (Wildman–Crippen LogP) is 2.40. The minimum absolute atomic E-state index is 0.0391. The minimum atomic E-state index is 0.0391. The van der Waals surface area contributed by atoms with Gasteiger partial charge >= 0.3 is 0 Å². The van der Waals surface area contributed by atoms with E-state index in [9.17, 15) is 4.79 Å². The fourth-order valence-corrected chi connectivity index (χ4v) is 2.51. The molecule has 0 unspecified atom stereocenters. The molecule has 1 aliphatic heterocycles. The molecular weight excluding hydrogens is 266 g/mol. The van der Waals surface area contributed by atoms with Crippen LogP contribution in [0.1, 0.15) is 35.1 Å². The summed E-state index contributed by atoms with van der Waals surface area (Å²) in [4.78, 5) is 21.8. The maximum atomic E-state index is 12.6. The lowest BCUT2D eigenvalue weighted by Gasteiger charge is -2.26. The molecule has 0 fully saturated rings. The van der Waals surface area contributed by atoms with Crippen molar-refractivity contribution in [1.29, 1.82) is 0 Å². The van der Waals surface area contributed by atoms with Crippen molar-refractivity contribution in [3.05, 3.63) is 47.5 Å². The largest absolute Gasteiger partial charge is 0.494 e. The third kappa shape index (κ3) is 2.91. The van der Waals surface area contributed by atoms with Gasteiger partial charge in [-0.2, -0.15) is 0 Å². The van der Waals surface area contributed by atoms with Gasteiger partial charge in [0.25, 0.3) is 5.91 Å². The molecule has 1 amide bonds. The van der Waals surface area contributed by atoms with Gasteiger partial charge < -0.3 is 14.6 Å². The van der Waals surface area contributed by atoms with Gasteiger partial charge in [0, 0.05) is 18.5 Å². The molecule has 2 heterocycles. The third-order valence-electron chi connectivity index (χ3n) is 3.62. The maximum absolute atomic E-state index is 12.6. The van der Waals surface area contributed by atoms with Crippen LogP contribution in [0.4, 0.5) is 0 Å². The summed E-state index contributed by atoms with van der Waals surface area (Å²) in [6.07, 6.45) is 3.45. The van der Waals surface area contributed by atoms with Crippen LogP contribution in [0.3, 0.4) is 0 Å². The van der Waals surface area contributed by atoms with E-state index >= 15 is 0 Å². The van der Waals surface area contributed by atoms with E-state index in [1.165, 1.54) is 0 Å². The first-order chi connectivity index (χ1) is 10.3. The van der Waals surface area contributed by atoms with Gasteiger partial charge in [-0.3, -0.25) is 4.79 Å². The maximum Gasteiger partial charge on any atom is 0.254 e. The second kappa shape index (κ2) is 5.99. The average molecular weight is 285 g/mol. The van der Waals surface area contributed by atoms with E-state index in [1.54, 1.807) is 6.33 Å². The number of aromatic amines is 1. The van der Waals surface area contributed by atoms with E-state index < -0.39 is 0 Å². The van der Waals surface area contributed by atoms with Crippen molar-refractivity contribution in [2.45, 2.75) is 26.3 Å². The Labute approximate surface area is 124 Å². The van der Waals surface area contributed by atoms with E-state index in [2.05, 4.69) is 16.9 Å². The zero-order valence-corrected chi connectivity index (χ0v) is 12.1. The highest BCUT2D eigenvalue weighted by Gasteiger charge is 2.23. The molecule has 2 aromatic rings. The highest BCUT2D eigenvalue weighted by atomic mass is 16.5. The summed E-state index contributed by atoms with van der Waals surface area (Å²) in [5.74, 6) is 0.791. The van der Waals surface area contributed by atoms with Crippen LogP contribution in [-0.2, 0) is 13.0 Å². The Morgan fingerprint density at radius 3 is 3.24 bits per heavy atom. The van der Waals surface area contributed by atoms with Crippen LogP contribution < -0.4 is 4.74 Å². The van der Waals surface area contributed by atoms with E-state index in [4.69, 9.17) is 4.74 Å². The lowest BCUT2D eigenvalue weighted by atomic mass is 10.1. The molecule has 0 radical (unpaired) electrons. The van der Waals surface area contributed by atoms with Gasteiger partial charge in [0.2, 0.25) is 0 Å². The molecule has 1 aromatic carbocycles. The van der Waals surface area contributed by atoms with Crippen LogP contribution in [0.5, 0.6) is 5.75 Å². The van der Waals surface area contributed by atoms with Gasteiger partial charge in [-0.25, -0.2) is 4.98 Å². The Balaban J connectivity index is 1.73. The van der Waals surface area contributed by atoms with Crippen molar-refractivity contribution < 1.29 is 9.53 Å². The molecule has 0 spiro atoms. The predicted molar refractivity (Wildman–Crippen MR) is 79.3 cm³/mol. The number of nitrogens with zero attached hydrogens (tertiary/aromatic N) is 2. The fraction of sp³-hybridized carbons (Fsp3) is 0.375. The summed E-state index contributed by atoms with van der Waals surface area (Å²) in [6.45, 7) is 4.02. The number of hydrogen-bond acceptors (Lipinski definition) is 3. The highest BCUT2D eigenvalue weighted by molar-refractivity contribution is 5.94. The summed E-state index contributed by atoms with van der Waals surface area (Å²) in [7, 11) is 0. The van der Waals surface area contributed by atoms with Gasteiger partial charge in [0.1, 0.15) is 5.75 Å². The van der Waals surface area contributed by atoms with Crippen LogP contribution in [0.2, 0.25) is 0 Å². The first-order valence-corrected chi connectivity index (χ1v) is 7.31. The monoisotopic (exact) mass is 285 g/mol. The van der Waals surface area contributed by atoms with Gasteiger partial charge in [0.15, 0.2) is 0 Å². The van der Waals surface area contributed by atoms with Gasteiger partial charge in [-0.15, -0.1) is 0 Å². The molecular formula is C16H19N3O2. The van der Waals surface area contributed by atoms with Crippen molar-refractivity contribution in [3.63, 3.8) is 0 Å². The first kappa shape index (κ1) is 13.7. The zero-order chi connectivity index (χ0) is 14.7. The van der Waals surface area contributed by atoms with E-state index in [1.807, 2.05) is 29.2 Å². The molecule has 1 aromatic heterocycles. The topological polar surface area (TPSA) is 58.2 Å². The second-order valence-electron chi connectivity index (χ2n) is 5.18. The van der Waals surface area contributed by atoms with E-state index in [0.717, 1.165) is 30.0 Å². The summed E-state index contributed by atoms with van der Waals surface area (Å²) >= 11 is 0. The van der Waals surface area contributed by atoms with Crippen molar-refractivity contribution in [1.82, 2.24) is 14.9 Å². The summed E-state index contributed by atoms with van der Waals surface area (Å²) in [5.41, 5.74) is 2.78. The lowest BCUT2D eigenvalue weighted by molar-refractivity contribution is 0.0731. The molecule has 0 saturated heterocycles. The lowest BCUT2D eigenvalue weighted by Crippen LogP contribution is -2.36. The van der Waals surface area contributed by atoms with E-state index in [-0.39, 0.29) is 5.91 Å². The number of hydrogen-bond donors (Lipinski definition) is 1. The van der Waals surface area contributed by atoms with Crippen LogP contribution in [0.25, 0.3) is 0 Å². The number of imidazole rings is 1. The van der Waals surface area contributed by atoms with Crippen molar-refractivity contribution >= 4 is 5.91 Å². The van der Waals surface area contributed by atoms with Gasteiger partial charge in [-0.1, -0.05) is 13.0 Å². The van der Waals surface area contributed by atoms with Gasteiger partial charge in [-0.05, 0) is 24.6 Å². The van der Waals surface area contributed by atoms with Crippen molar-refractivity contribution in [2.75, 3.05) is 13.2 Å². The Hall–Kier alpha value is -2.30. The molecule has 110 valence electrons. The van der Waals surface area contributed by atoms with Crippen LogP contribution in [0.15, 0.2) is 30.6 Å². The summed E-state index contributed by atoms with van der Waals surface area (Å²) < 4.78 is 5.59. The molecule has 1 N–H and O–H groups in total. The van der Waals surface area contributed by atoms with Crippen LogP contribution in [-0.4, -0.2) is 33.9 Å². The SMILES string of the molecule is CCCOc1cccc(C(=O)N2CCc3nc[nH]c3C2)c1. The van der Waals surface area contributed by atoms with Crippen LogP contribution in [0, 0.1) is 0 Å². The number of benzene rings is 1. The van der Waals surface area contributed by atoms with E-state index in [0.29, 0.717) is 25.3 Å². The minimum Gasteiger partial charge on any atom is -0.494 e. The number of fused-ring (bicyclic) bond motifs is 1. The second-order valence-corrected chi connectivity index (χ2v) is 5.18.